The van der Waals surface area contributed by atoms with E-state index in [1.807, 2.05) is 44.2 Å². The van der Waals surface area contributed by atoms with E-state index in [4.69, 9.17) is 0 Å². The first-order valence-electron chi connectivity index (χ1n) is 7.13. The highest BCUT2D eigenvalue weighted by molar-refractivity contribution is 5.91. The van der Waals surface area contributed by atoms with Crippen LogP contribution in [0.1, 0.15) is 23.2 Å². The molecule has 1 heterocycles. The lowest BCUT2D eigenvalue weighted by atomic mass is 10.1. The third-order valence-corrected chi connectivity index (χ3v) is 3.22. The molecular weight excluding hydrogens is 262 g/mol. The van der Waals surface area contributed by atoms with Crippen LogP contribution in [-0.4, -0.2) is 17.4 Å². The van der Waals surface area contributed by atoms with E-state index in [1.54, 1.807) is 6.20 Å². The first-order valence-corrected chi connectivity index (χ1v) is 7.13. The summed E-state index contributed by atoms with van der Waals surface area (Å²) < 4.78 is 0. The van der Waals surface area contributed by atoms with Gasteiger partial charge in [-0.1, -0.05) is 23.8 Å². The Morgan fingerprint density at radius 3 is 2.76 bits per heavy atom. The maximum Gasteiger partial charge on any atom is 0.225 e. The van der Waals surface area contributed by atoms with Crippen molar-refractivity contribution >= 4 is 11.6 Å². The molecule has 21 heavy (non-hydrogen) atoms. The number of benzene rings is 1. The minimum Gasteiger partial charge on any atom is -0.326 e. The summed E-state index contributed by atoms with van der Waals surface area (Å²) in [5, 5.41) is 6.16. The third kappa shape index (κ3) is 5.00. The number of nitrogens with one attached hydrogen (secondary N) is 2. The quantitative estimate of drug-likeness (QED) is 0.802. The number of aryl methyl sites for hydroxylation is 2. The van der Waals surface area contributed by atoms with Crippen molar-refractivity contribution in [1.29, 1.82) is 0 Å². The molecule has 4 heteroatoms. The van der Waals surface area contributed by atoms with Gasteiger partial charge in [0.25, 0.3) is 0 Å². The smallest absolute Gasteiger partial charge is 0.225 e. The minimum atomic E-state index is 0.0236. The molecule has 0 aliphatic heterocycles. The molecule has 0 unspecified atom stereocenters. The van der Waals surface area contributed by atoms with Crippen molar-refractivity contribution in [1.82, 2.24) is 10.3 Å². The normalized spacial score (nSPS) is 10.4. The molecule has 1 aromatic heterocycles. The van der Waals surface area contributed by atoms with E-state index in [2.05, 4.69) is 21.7 Å². The van der Waals surface area contributed by atoms with Crippen molar-refractivity contribution in [2.45, 2.75) is 26.8 Å². The standard InChI is InChI=1S/C17H21N3O/c1-13-6-7-16(14(2)11-13)20-17(21)8-10-18-12-15-5-3-4-9-19-15/h3-7,9,11,18H,8,10,12H2,1-2H3,(H,20,21). The SMILES string of the molecule is Cc1ccc(NC(=O)CCNCc2ccccn2)c(C)c1. The van der Waals surface area contributed by atoms with Gasteiger partial charge in [-0.25, -0.2) is 0 Å². The molecule has 110 valence electrons. The fraction of sp³-hybridized carbons (Fsp3) is 0.294. The third-order valence-electron chi connectivity index (χ3n) is 3.22. The molecule has 1 amide bonds. The Bertz CT molecular complexity index is 596. The van der Waals surface area contributed by atoms with Crippen molar-refractivity contribution in [3.05, 3.63) is 59.4 Å². The summed E-state index contributed by atoms with van der Waals surface area (Å²) in [5.74, 6) is 0.0236. The Morgan fingerprint density at radius 2 is 2.05 bits per heavy atom. The van der Waals surface area contributed by atoms with Gasteiger partial charge < -0.3 is 10.6 Å². The van der Waals surface area contributed by atoms with Crippen LogP contribution in [0.2, 0.25) is 0 Å². The number of carbonyl (C=O) groups excluding carboxylic acids is 1. The molecule has 0 radical (unpaired) electrons. The highest BCUT2D eigenvalue weighted by Crippen LogP contribution is 2.15. The zero-order chi connectivity index (χ0) is 15.1. The van der Waals surface area contributed by atoms with Crippen LogP contribution in [0.3, 0.4) is 0 Å². The fourth-order valence-electron chi connectivity index (χ4n) is 2.09. The number of amides is 1. The van der Waals surface area contributed by atoms with E-state index < -0.39 is 0 Å². The molecule has 0 aliphatic rings. The molecule has 2 aromatic rings. The number of rotatable bonds is 6. The molecule has 2 rings (SSSR count). The summed E-state index contributed by atoms with van der Waals surface area (Å²) in [6.07, 6.45) is 2.21. The Hall–Kier alpha value is -2.20. The molecule has 0 saturated heterocycles. The lowest BCUT2D eigenvalue weighted by Crippen LogP contribution is -2.22. The molecular formula is C17H21N3O. The van der Waals surface area contributed by atoms with Crippen molar-refractivity contribution in [3.8, 4) is 0 Å². The van der Waals surface area contributed by atoms with Crippen LogP contribution >= 0.6 is 0 Å². The monoisotopic (exact) mass is 283 g/mol. The Labute approximate surface area is 125 Å². The molecule has 0 bridgehead atoms. The molecule has 2 N–H and O–H groups in total. The number of hydrogen-bond acceptors (Lipinski definition) is 3. The molecule has 4 nitrogen and oxygen atoms in total. The maximum absolute atomic E-state index is 11.9. The first kappa shape index (κ1) is 15.2. The van der Waals surface area contributed by atoms with Gasteiger partial charge in [0.1, 0.15) is 0 Å². The van der Waals surface area contributed by atoms with E-state index in [9.17, 15) is 4.79 Å². The Kier molecular flexibility index (Phi) is 5.46. The largest absolute Gasteiger partial charge is 0.326 e. The van der Waals surface area contributed by atoms with Gasteiger partial charge in [-0.2, -0.15) is 0 Å². The van der Waals surface area contributed by atoms with Crippen molar-refractivity contribution in [2.75, 3.05) is 11.9 Å². The average molecular weight is 283 g/mol. The van der Waals surface area contributed by atoms with Crippen molar-refractivity contribution < 1.29 is 4.79 Å². The van der Waals surface area contributed by atoms with Gasteiger partial charge in [0, 0.05) is 31.4 Å². The fourth-order valence-corrected chi connectivity index (χ4v) is 2.09. The van der Waals surface area contributed by atoms with Gasteiger partial charge in [0.2, 0.25) is 5.91 Å². The molecule has 1 aromatic carbocycles. The van der Waals surface area contributed by atoms with Crippen molar-refractivity contribution in [3.63, 3.8) is 0 Å². The number of carbonyl (C=O) groups is 1. The van der Waals surface area contributed by atoms with Gasteiger partial charge in [-0.05, 0) is 37.6 Å². The summed E-state index contributed by atoms with van der Waals surface area (Å²) in [5.41, 5.74) is 4.15. The van der Waals surface area contributed by atoms with Crippen LogP contribution in [0, 0.1) is 13.8 Å². The molecule has 0 fully saturated rings. The number of aromatic nitrogens is 1. The second-order valence-corrected chi connectivity index (χ2v) is 5.11. The van der Waals surface area contributed by atoms with Crippen LogP contribution < -0.4 is 10.6 Å². The first-order chi connectivity index (χ1) is 10.1. The topological polar surface area (TPSA) is 54.0 Å². The zero-order valence-corrected chi connectivity index (χ0v) is 12.5. The van der Waals surface area contributed by atoms with Gasteiger partial charge >= 0.3 is 0 Å². The van der Waals surface area contributed by atoms with Gasteiger partial charge in [0.15, 0.2) is 0 Å². The van der Waals surface area contributed by atoms with Crippen LogP contribution in [0.25, 0.3) is 0 Å². The van der Waals surface area contributed by atoms with E-state index in [0.29, 0.717) is 19.5 Å². The van der Waals surface area contributed by atoms with Gasteiger partial charge in [-0.15, -0.1) is 0 Å². The lowest BCUT2D eigenvalue weighted by Gasteiger charge is -2.09. The predicted octanol–water partition coefficient (Wildman–Crippen LogP) is 2.82. The summed E-state index contributed by atoms with van der Waals surface area (Å²) in [6, 6.07) is 11.8. The summed E-state index contributed by atoms with van der Waals surface area (Å²) in [4.78, 5) is 16.1. The predicted molar refractivity (Wildman–Crippen MR) is 85.1 cm³/mol. The molecule has 0 atom stereocenters. The minimum absolute atomic E-state index is 0.0236. The van der Waals surface area contributed by atoms with Crippen LogP contribution in [0.15, 0.2) is 42.6 Å². The maximum atomic E-state index is 11.9. The van der Waals surface area contributed by atoms with Gasteiger partial charge in [-0.3, -0.25) is 9.78 Å². The number of anilines is 1. The van der Waals surface area contributed by atoms with E-state index >= 15 is 0 Å². The summed E-state index contributed by atoms with van der Waals surface area (Å²) in [6.45, 7) is 5.35. The lowest BCUT2D eigenvalue weighted by molar-refractivity contribution is -0.116. The van der Waals surface area contributed by atoms with Crippen LogP contribution in [-0.2, 0) is 11.3 Å². The summed E-state index contributed by atoms with van der Waals surface area (Å²) in [7, 11) is 0. The number of nitrogens with zero attached hydrogens (tertiary/aromatic N) is 1. The van der Waals surface area contributed by atoms with E-state index in [-0.39, 0.29) is 5.91 Å². The Balaban J connectivity index is 1.72. The van der Waals surface area contributed by atoms with Crippen molar-refractivity contribution in [2.24, 2.45) is 0 Å². The summed E-state index contributed by atoms with van der Waals surface area (Å²) >= 11 is 0. The van der Waals surface area contributed by atoms with Crippen LogP contribution in [0.4, 0.5) is 5.69 Å². The zero-order valence-electron chi connectivity index (χ0n) is 12.5. The van der Waals surface area contributed by atoms with Crippen LogP contribution in [0.5, 0.6) is 0 Å². The second-order valence-electron chi connectivity index (χ2n) is 5.11. The highest BCUT2D eigenvalue weighted by Gasteiger charge is 2.04. The average Bonchev–Trinajstić information content (AvgIpc) is 2.48. The van der Waals surface area contributed by atoms with Gasteiger partial charge in [0.05, 0.1) is 5.69 Å². The Morgan fingerprint density at radius 1 is 1.19 bits per heavy atom. The number of hydrogen-bond donors (Lipinski definition) is 2. The second kappa shape index (κ2) is 7.55. The number of pyridine rings is 1. The molecule has 0 aliphatic carbocycles. The molecule has 0 spiro atoms. The van der Waals surface area contributed by atoms with E-state index in [1.165, 1.54) is 5.56 Å². The van der Waals surface area contributed by atoms with E-state index in [0.717, 1.165) is 16.9 Å². The molecule has 0 saturated carbocycles. The highest BCUT2D eigenvalue weighted by atomic mass is 16.1.